The molecule has 0 unspecified atom stereocenters. The van der Waals surface area contributed by atoms with E-state index in [1.54, 1.807) is 13.3 Å². The normalized spacial score (nSPS) is 14.8. The van der Waals surface area contributed by atoms with Crippen LogP contribution >= 0.6 is 0 Å². The molecule has 2 N–H and O–H groups in total. The predicted molar refractivity (Wildman–Crippen MR) is 88.9 cm³/mol. The molecular weight excluding hydrogens is 276 g/mol. The van der Waals surface area contributed by atoms with Gasteiger partial charge in [-0.3, -0.25) is 0 Å². The zero-order valence-corrected chi connectivity index (χ0v) is 13.1. The van der Waals surface area contributed by atoms with Gasteiger partial charge >= 0.3 is 0 Å². The largest absolute Gasteiger partial charge is 0.495 e. The van der Waals surface area contributed by atoms with Gasteiger partial charge in [0.1, 0.15) is 11.6 Å². The van der Waals surface area contributed by atoms with Crippen LogP contribution in [0.15, 0.2) is 30.5 Å². The molecule has 1 aliphatic rings. The first kappa shape index (κ1) is 14.6. The highest BCUT2D eigenvalue weighted by molar-refractivity contribution is 5.64. The topological polar surface area (TPSA) is 59.1 Å². The number of nitrogens with one attached hydrogen (secondary N) is 2. The molecule has 1 aliphatic carbocycles. The molecule has 1 heterocycles. The van der Waals surface area contributed by atoms with Crippen LogP contribution in [0.2, 0.25) is 0 Å². The van der Waals surface area contributed by atoms with Crippen LogP contribution < -0.4 is 15.4 Å². The summed E-state index contributed by atoms with van der Waals surface area (Å²) in [6, 6.07) is 8.44. The molecule has 1 saturated carbocycles. The van der Waals surface area contributed by atoms with E-state index in [0.717, 1.165) is 22.8 Å². The lowest BCUT2D eigenvalue weighted by atomic mass is 10.2. The van der Waals surface area contributed by atoms with Gasteiger partial charge in [-0.05, 0) is 43.5 Å². The van der Waals surface area contributed by atoms with E-state index >= 15 is 0 Å². The lowest BCUT2D eigenvalue weighted by molar-refractivity contribution is 0.416. The van der Waals surface area contributed by atoms with Crippen molar-refractivity contribution in [2.45, 2.75) is 38.6 Å². The summed E-state index contributed by atoms with van der Waals surface area (Å²) in [5, 5.41) is 6.73. The number of anilines is 3. The van der Waals surface area contributed by atoms with E-state index in [4.69, 9.17) is 4.74 Å². The second-order valence-electron chi connectivity index (χ2n) is 5.72. The first-order valence-electron chi connectivity index (χ1n) is 7.76. The maximum absolute atomic E-state index is 5.38. The Morgan fingerprint density at radius 3 is 2.77 bits per heavy atom. The molecule has 0 atom stereocenters. The highest BCUT2D eigenvalue weighted by Gasteiger charge is 2.15. The first-order chi connectivity index (χ1) is 10.7. The van der Waals surface area contributed by atoms with Gasteiger partial charge in [0, 0.05) is 12.2 Å². The quantitative estimate of drug-likeness (QED) is 0.877. The van der Waals surface area contributed by atoms with E-state index in [1.807, 2.05) is 31.2 Å². The number of benzene rings is 1. The van der Waals surface area contributed by atoms with Crippen LogP contribution in [-0.4, -0.2) is 23.1 Å². The maximum atomic E-state index is 5.38. The van der Waals surface area contributed by atoms with E-state index in [-0.39, 0.29) is 0 Å². The van der Waals surface area contributed by atoms with Crippen molar-refractivity contribution in [2.24, 2.45) is 0 Å². The number of aryl methyl sites for hydroxylation is 1. The zero-order valence-electron chi connectivity index (χ0n) is 13.1. The van der Waals surface area contributed by atoms with Crippen molar-refractivity contribution < 1.29 is 4.74 Å². The molecule has 3 rings (SSSR count). The van der Waals surface area contributed by atoms with Gasteiger partial charge in [-0.1, -0.05) is 18.9 Å². The number of ether oxygens (including phenoxy) is 1. The Kier molecular flexibility index (Phi) is 4.42. The summed E-state index contributed by atoms with van der Waals surface area (Å²) in [5.41, 5.74) is 2.03. The van der Waals surface area contributed by atoms with Crippen LogP contribution in [0, 0.1) is 6.92 Å². The summed E-state index contributed by atoms with van der Waals surface area (Å²) < 4.78 is 5.38. The molecule has 2 aromatic rings. The van der Waals surface area contributed by atoms with Crippen molar-refractivity contribution in [3.05, 3.63) is 36.0 Å². The van der Waals surface area contributed by atoms with E-state index in [0.29, 0.717) is 12.0 Å². The van der Waals surface area contributed by atoms with Crippen LogP contribution in [0.3, 0.4) is 0 Å². The SMILES string of the molecule is COc1ccc(C)cc1Nc1nccc(NC2CCCC2)n1. The maximum Gasteiger partial charge on any atom is 0.229 e. The van der Waals surface area contributed by atoms with Gasteiger partial charge in [0.15, 0.2) is 0 Å². The van der Waals surface area contributed by atoms with E-state index in [9.17, 15) is 0 Å². The number of hydrogen-bond acceptors (Lipinski definition) is 5. The molecule has 0 saturated heterocycles. The van der Waals surface area contributed by atoms with Crippen LogP contribution in [0.4, 0.5) is 17.5 Å². The Morgan fingerprint density at radius 2 is 2.00 bits per heavy atom. The third-order valence-corrected chi connectivity index (χ3v) is 3.96. The summed E-state index contributed by atoms with van der Waals surface area (Å²) in [7, 11) is 1.66. The standard InChI is InChI=1S/C17H22N4O/c1-12-7-8-15(22-2)14(11-12)20-17-18-10-9-16(21-17)19-13-5-3-4-6-13/h7-11,13H,3-6H2,1-2H3,(H2,18,19,20,21). The van der Waals surface area contributed by atoms with Gasteiger partial charge in [-0.15, -0.1) is 0 Å². The number of nitrogens with zero attached hydrogens (tertiary/aromatic N) is 2. The Morgan fingerprint density at radius 1 is 1.18 bits per heavy atom. The molecule has 1 fully saturated rings. The minimum atomic E-state index is 0.538. The van der Waals surface area contributed by atoms with Crippen molar-refractivity contribution >= 4 is 17.5 Å². The van der Waals surface area contributed by atoms with E-state index in [1.165, 1.54) is 25.7 Å². The summed E-state index contributed by atoms with van der Waals surface area (Å²) in [6.07, 6.45) is 6.81. The van der Waals surface area contributed by atoms with Crippen LogP contribution in [0.5, 0.6) is 5.75 Å². The molecule has 1 aromatic heterocycles. The highest BCUT2D eigenvalue weighted by atomic mass is 16.5. The Balaban J connectivity index is 1.76. The molecule has 22 heavy (non-hydrogen) atoms. The van der Waals surface area contributed by atoms with E-state index in [2.05, 4.69) is 20.6 Å². The average Bonchev–Trinajstić information content (AvgIpc) is 3.01. The molecule has 5 heteroatoms. The van der Waals surface area contributed by atoms with Crippen molar-refractivity contribution in [1.29, 1.82) is 0 Å². The third-order valence-electron chi connectivity index (χ3n) is 3.96. The zero-order chi connectivity index (χ0) is 15.4. The third kappa shape index (κ3) is 3.47. The van der Waals surface area contributed by atoms with Gasteiger partial charge in [-0.25, -0.2) is 4.98 Å². The van der Waals surface area contributed by atoms with Crippen LogP contribution in [0.25, 0.3) is 0 Å². The summed E-state index contributed by atoms with van der Waals surface area (Å²) >= 11 is 0. The fraction of sp³-hybridized carbons (Fsp3) is 0.412. The molecule has 116 valence electrons. The smallest absolute Gasteiger partial charge is 0.229 e. The summed E-state index contributed by atoms with van der Waals surface area (Å²) in [4.78, 5) is 8.84. The highest BCUT2D eigenvalue weighted by Crippen LogP contribution is 2.28. The lowest BCUT2D eigenvalue weighted by Gasteiger charge is -2.14. The molecule has 1 aromatic carbocycles. The second-order valence-corrected chi connectivity index (χ2v) is 5.72. The van der Waals surface area contributed by atoms with Crippen molar-refractivity contribution in [2.75, 3.05) is 17.7 Å². The molecule has 5 nitrogen and oxygen atoms in total. The summed E-state index contributed by atoms with van der Waals surface area (Å²) in [5.74, 6) is 2.23. The van der Waals surface area contributed by atoms with Gasteiger partial charge in [-0.2, -0.15) is 4.98 Å². The average molecular weight is 298 g/mol. The van der Waals surface area contributed by atoms with Crippen molar-refractivity contribution in [3.63, 3.8) is 0 Å². The second kappa shape index (κ2) is 6.64. The number of aromatic nitrogens is 2. The molecule has 0 bridgehead atoms. The van der Waals surface area contributed by atoms with Gasteiger partial charge in [0.2, 0.25) is 5.95 Å². The molecule has 0 amide bonds. The fourth-order valence-corrected chi connectivity index (χ4v) is 2.82. The Hall–Kier alpha value is -2.30. The van der Waals surface area contributed by atoms with Gasteiger partial charge in [0.05, 0.1) is 12.8 Å². The Bertz CT molecular complexity index is 638. The first-order valence-corrected chi connectivity index (χ1v) is 7.76. The monoisotopic (exact) mass is 298 g/mol. The van der Waals surface area contributed by atoms with E-state index < -0.39 is 0 Å². The number of hydrogen-bond donors (Lipinski definition) is 2. The minimum Gasteiger partial charge on any atom is -0.495 e. The Labute approximate surface area is 131 Å². The molecule has 0 aliphatic heterocycles. The number of methoxy groups -OCH3 is 1. The van der Waals surface area contributed by atoms with Crippen LogP contribution in [-0.2, 0) is 0 Å². The molecular formula is C17H22N4O. The molecule has 0 spiro atoms. The lowest BCUT2D eigenvalue weighted by Crippen LogP contribution is -2.16. The van der Waals surface area contributed by atoms with Gasteiger partial charge < -0.3 is 15.4 Å². The van der Waals surface area contributed by atoms with Crippen LogP contribution in [0.1, 0.15) is 31.2 Å². The fourth-order valence-electron chi connectivity index (χ4n) is 2.82. The summed E-state index contributed by atoms with van der Waals surface area (Å²) in [6.45, 7) is 2.05. The minimum absolute atomic E-state index is 0.538. The number of rotatable bonds is 5. The predicted octanol–water partition coefficient (Wildman–Crippen LogP) is 3.89. The molecule has 0 radical (unpaired) electrons. The van der Waals surface area contributed by atoms with Gasteiger partial charge in [0.25, 0.3) is 0 Å². The van der Waals surface area contributed by atoms with Crippen molar-refractivity contribution in [1.82, 2.24) is 9.97 Å². The van der Waals surface area contributed by atoms with Crippen molar-refractivity contribution in [3.8, 4) is 5.75 Å².